The molecule has 0 saturated heterocycles. The fourth-order valence-corrected chi connectivity index (χ4v) is 2.40. The summed E-state index contributed by atoms with van der Waals surface area (Å²) in [6, 6.07) is 10.3. The SMILES string of the molecule is CC(CC(O)c1ccc(F)cc1)NC(C)c1ccncc1. The molecule has 0 bridgehead atoms. The lowest BCUT2D eigenvalue weighted by molar-refractivity contribution is 0.152. The van der Waals surface area contributed by atoms with Crippen LogP contribution in [-0.4, -0.2) is 16.1 Å². The fraction of sp³-hybridized carbons (Fsp3) is 0.353. The Morgan fingerprint density at radius 3 is 2.29 bits per heavy atom. The van der Waals surface area contributed by atoms with Gasteiger partial charge in [0.1, 0.15) is 5.82 Å². The minimum atomic E-state index is -0.599. The molecule has 2 rings (SSSR count). The van der Waals surface area contributed by atoms with Crippen LogP contribution < -0.4 is 5.32 Å². The fourth-order valence-electron chi connectivity index (χ4n) is 2.40. The number of nitrogens with one attached hydrogen (secondary N) is 1. The van der Waals surface area contributed by atoms with Crippen LogP contribution in [0.4, 0.5) is 4.39 Å². The molecular formula is C17H21FN2O. The van der Waals surface area contributed by atoms with Crippen LogP contribution in [0.5, 0.6) is 0 Å². The number of halogens is 1. The summed E-state index contributed by atoms with van der Waals surface area (Å²) in [5.41, 5.74) is 1.90. The largest absolute Gasteiger partial charge is 0.388 e. The molecule has 3 unspecified atom stereocenters. The minimum Gasteiger partial charge on any atom is -0.388 e. The maximum absolute atomic E-state index is 12.9. The molecule has 0 fully saturated rings. The van der Waals surface area contributed by atoms with E-state index < -0.39 is 6.10 Å². The number of pyridine rings is 1. The van der Waals surface area contributed by atoms with Crippen molar-refractivity contribution < 1.29 is 9.50 Å². The van der Waals surface area contributed by atoms with E-state index in [0.29, 0.717) is 6.42 Å². The summed E-state index contributed by atoms with van der Waals surface area (Å²) in [6.45, 7) is 4.11. The number of benzene rings is 1. The van der Waals surface area contributed by atoms with E-state index in [4.69, 9.17) is 0 Å². The molecule has 0 aliphatic carbocycles. The van der Waals surface area contributed by atoms with Crippen molar-refractivity contribution >= 4 is 0 Å². The highest BCUT2D eigenvalue weighted by molar-refractivity contribution is 5.19. The first-order chi connectivity index (χ1) is 10.1. The second kappa shape index (κ2) is 7.29. The molecule has 1 heterocycles. The first-order valence-corrected chi connectivity index (χ1v) is 7.15. The standard InChI is InChI=1S/C17H21FN2O/c1-12(20-13(2)14-7-9-19-10-8-14)11-17(21)15-3-5-16(18)6-4-15/h3-10,12-13,17,20-21H,11H2,1-2H3. The van der Waals surface area contributed by atoms with Crippen LogP contribution >= 0.6 is 0 Å². The van der Waals surface area contributed by atoms with Crippen LogP contribution in [0.1, 0.15) is 43.5 Å². The Labute approximate surface area is 124 Å². The number of nitrogens with zero attached hydrogens (tertiary/aromatic N) is 1. The Morgan fingerprint density at radius 2 is 1.67 bits per heavy atom. The molecule has 2 aromatic rings. The molecule has 4 heteroatoms. The third-order valence-electron chi connectivity index (χ3n) is 3.57. The predicted octanol–water partition coefficient (Wildman–Crippen LogP) is 3.38. The summed E-state index contributed by atoms with van der Waals surface area (Å²) in [5.74, 6) is -0.288. The smallest absolute Gasteiger partial charge is 0.123 e. The van der Waals surface area contributed by atoms with Gasteiger partial charge in [-0.05, 0) is 55.7 Å². The van der Waals surface area contributed by atoms with Gasteiger partial charge in [0.15, 0.2) is 0 Å². The Morgan fingerprint density at radius 1 is 1.05 bits per heavy atom. The van der Waals surface area contributed by atoms with Crippen molar-refractivity contribution in [2.75, 3.05) is 0 Å². The van der Waals surface area contributed by atoms with E-state index in [-0.39, 0.29) is 17.9 Å². The lowest BCUT2D eigenvalue weighted by Gasteiger charge is -2.22. The topological polar surface area (TPSA) is 45.1 Å². The maximum Gasteiger partial charge on any atom is 0.123 e. The van der Waals surface area contributed by atoms with Crippen LogP contribution in [0.2, 0.25) is 0 Å². The van der Waals surface area contributed by atoms with E-state index in [0.717, 1.165) is 11.1 Å². The molecule has 1 aromatic carbocycles. The average Bonchev–Trinajstić information content (AvgIpc) is 2.48. The molecule has 3 atom stereocenters. The first-order valence-electron chi connectivity index (χ1n) is 7.15. The first kappa shape index (κ1) is 15.6. The highest BCUT2D eigenvalue weighted by Gasteiger charge is 2.15. The Hall–Kier alpha value is -1.78. The number of aliphatic hydroxyl groups excluding tert-OH is 1. The van der Waals surface area contributed by atoms with Gasteiger partial charge in [0, 0.05) is 24.5 Å². The maximum atomic E-state index is 12.9. The van der Waals surface area contributed by atoms with Crippen LogP contribution in [0, 0.1) is 5.82 Å². The van der Waals surface area contributed by atoms with Crippen molar-refractivity contribution in [1.82, 2.24) is 10.3 Å². The highest BCUT2D eigenvalue weighted by Crippen LogP contribution is 2.20. The van der Waals surface area contributed by atoms with Gasteiger partial charge in [0.05, 0.1) is 6.10 Å². The van der Waals surface area contributed by atoms with E-state index in [1.54, 1.807) is 24.5 Å². The third-order valence-corrected chi connectivity index (χ3v) is 3.57. The van der Waals surface area contributed by atoms with E-state index in [9.17, 15) is 9.50 Å². The van der Waals surface area contributed by atoms with Crippen LogP contribution in [0.3, 0.4) is 0 Å². The molecule has 0 aliphatic rings. The van der Waals surface area contributed by atoms with E-state index >= 15 is 0 Å². The molecule has 21 heavy (non-hydrogen) atoms. The van der Waals surface area contributed by atoms with E-state index in [1.165, 1.54) is 12.1 Å². The van der Waals surface area contributed by atoms with Gasteiger partial charge in [-0.1, -0.05) is 12.1 Å². The number of hydrogen-bond acceptors (Lipinski definition) is 3. The number of hydrogen-bond donors (Lipinski definition) is 2. The summed E-state index contributed by atoms with van der Waals surface area (Å²) < 4.78 is 12.9. The Kier molecular flexibility index (Phi) is 5.42. The predicted molar refractivity (Wildman–Crippen MR) is 81.2 cm³/mol. The van der Waals surface area contributed by atoms with Crippen LogP contribution in [0.15, 0.2) is 48.8 Å². The van der Waals surface area contributed by atoms with E-state index in [2.05, 4.69) is 17.2 Å². The second-order valence-electron chi connectivity index (χ2n) is 5.37. The van der Waals surface area contributed by atoms with Crippen molar-refractivity contribution in [3.8, 4) is 0 Å². The molecule has 2 N–H and O–H groups in total. The monoisotopic (exact) mass is 288 g/mol. The molecule has 0 saturated carbocycles. The van der Waals surface area contributed by atoms with Crippen molar-refractivity contribution in [2.45, 2.75) is 38.5 Å². The van der Waals surface area contributed by atoms with Gasteiger partial charge in [-0.25, -0.2) is 4.39 Å². The summed E-state index contributed by atoms with van der Waals surface area (Å²) in [4.78, 5) is 4.00. The molecule has 3 nitrogen and oxygen atoms in total. The zero-order valence-electron chi connectivity index (χ0n) is 12.3. The molecule has 0 amide bonds. The van der Waals surface area contributed by atoms with Crippen LogP contribution in [-0.2, 0) is 0 Å². The van der Waals surface area contributed by atoms with Gasteiger partial charge in [-0.3, -0.25) is 4.98 Å². The second-order valence-corrected chi connectivity index (χ2v) is 5.37. The van der Waals surface area contributed by atoms with Crippen molar-refractivity contribution in [3.05, 3.63) is 65.7 Å². The quantitative estimate of drug-likeness (QED) is 0.856. The summed E-state index contributed by atoms with van der Waals surface area (Å²) >= 11 is 0. The van der Waals surface area contributed by atoms with Gasteiger partial charge < -0.3 is 10.4 Å². The van der Waals surface area contributed by atoms with Gasteiger partial charge in [-0.15, -0.1) is 0 Å². The molecule has 0 aliphatic heterocycles. The number of aliphatic hydroxyl groups is 1. The summed E-state index contributed by atoms with van der Waals surface area (Å²) in [5, 5.41) is 13.6. The third kappa shape index (κ3) is 4.62. The Balaban J connectivity index is 1.89. The van der Waals surface area contributed by atoms with Gasteiger partial charge in [0.25, 0.3) is 0 Å². The van der Waals surface area contributed by atoms with Gasteiger partial charge in [-0.2, -0.15) is 0 Å². The van der Waals surface area contributed by atoms with Gasteiger partial charge >= 0.3 is 0 Å². The molecule has 1 aromatic heterocycles. The van der Waals surface area contributed by atoms with Crippen molar-refractivity contribution in [3.63, 3.8) is 0 Å². The summed E-state index contributed by atoms with van der Waals surface area (Å²) in [7, 11) is 0. The zero-order chi connectivity index (χ0) is 15.2. The van der Waals surface area contributed by atoms with Crippen molar-refractivity contribution in [1.29, 1.82) is 0 Å². The molecule has 0 radical (unpaired) electrons. The lowest BCUT2D eigenvalue weighted by atomic mass is 10.0. The highest BCUT2D eigenvalue weighted by atomic mass is 19.1. The van der Waals surface area contributed by atoms with E-state index in [1.807, 2.05) is 19.1 Å². The molecular weight excluding hydrogens is 267 g/mol. The van der Waals surface area contributed by atoms with Crippen molar-refractivity contribution in [2.24, 2.45) is 0 Å². The molecule has 112 valence electrons. The zero-order valence-corrected chi connectivity index (χ0v) is 12.3. The lowest BCUT2D eigenvalue weighted by Crippen LogP contribution is -2.30. The number of rotatable bonds is 6. The van der Waals surface area contributed by atoms with Gasteiger partial charge in [0.2, 0.25) is 0 Å². The molecule has 0 spiro atoms. The normalized spacial score (nSPS) is 15.4. The summed E-state index contributed by atoms with van der Waals surface area (Å²) in [6.07, 6.45) is 3.51. The number of aromatic nitrogens is 1. The van der Waals surface area contributed by atoms with Crippen LogP contribution in [0.25, 0.3) is 0 Å². The Bertz CT molecular complexity index is 544. The minimum absolute atomic E-state index is 0.133. The average molecular weight is 288 g/mol.